The molecule has 4 amide bonds. The lowest BCUT2D eigenvalue weighted by molar-refractivity contribution is -0.163. The molecule has 1 heterocycles. The zero-order valence-corrected chi connectivity index (χ0v) is 23.6. The van der Waals surface area contributed by atoms with Gasteiger partial charge in [0.2, 0.25) is 5.91 Å². The number of carbonyl (C=O) groups excluding carboxylic acids is 6. The summed E-state index contributed by atoms with van der Waals surface area (Å²) in [6.45, 7) is 0.905. The number of nitrogens with zero attached hydrogens (tertiary/aromatic N) is 2. The minimum Gasteiger partial charge on any atom is -0.469 e. The van der Waals surface area contributed by atoms with Crippen molar-refractivity contribution in [3.05, 3.63) is 60.2 Å². The molecule has 3 rings (SSSR count). The van der Waals surface area contributed by atoms with Crippen LogP contribution in [-0.4, -0.2) is 72.4 Å². The number of nitrogens with two attached hydrogens (primary N) is 2. The summed E-state index contributed by atoms with van der Waals surface area (Å²) in [5.41, 5.74) is 8.93. The van der Waals surface area contributed by atoms with Gasteiger partial charge in [0.1, 0.15) is 6.04 Å². The van der Waals surface area contributed by atoms with Gasteiger partial charge in [0.05, 0.1) is 26.7 Å². The second-order valence-electron chi connectivity index (χ2n) is 8.83. The number of rotatable bonds is 10. The Balaban J connectivity index is 0.00000616. The highest BCUT2D eigenvalue weighted by Crippen LogP contribution is 2.36. The van der Waals surface area contributed by atoms with E-state index in [1.54, 1.807) is 6.07 Å². The summed E-state index contributed by atoms with van der Waals surface area (Å²) in [6, 6.07) is 8.92. The number of methoxy groups -OCH3 is 2. The molecular weight excluding hydrogens is 574 g/mol. The average molecular weight is 604 g/mol. The molecule has 3 atom stereocenters. The van der Waals surface area contributed by atoms with Crippen LogP contribution >= 0.6 is 12.4 Å². The van der Waals surface area contributed by atoms with Crippen molar-refractivity contribution in [1.82, 2.24) is 10.2 Å². The molecule has 0 bridgehead atoms. The number of ether oxygens (including phenoxy) is 2. The van der Waals surface area contributed by atoms with Crippen LogP contribution in [0.5, 0.6) is 0 Å². The number of benzene rings is 2. The Labute approximate surface area is 246 Å². The van der Waals surface area contributed by atoms with Crippen molar-refractivity contribution in [3.8, 4) is 0 Å². The number of imide groups is 1. The van der Waals surface area contributed by atoms with Crippen molar-refractivity contribution in [2.45, 2.75) is 31.1 Å². The van der Waals surface area contributed by atoms with E-state index >= 15 is 0 Å². The molecule has 224 valence electrons. The number of esters is 2. The fourth-order valence-corrected chi connectivity index (χ4v) is 4.38. The number of halogens is 1. The lowest BCUT2D eigenvalue weighted by atomic mass is 9.96. The lowest BCUT2D eigenvalue weighted by Crippen LogP contribution is -2.74. The number of anilines is 2. The number of para-hydroxylation sites is 1. The van der Waals surface area contributed by atoms with E-state index in [-0.39, 0.29) is 29.6 Å². The molecule has 0 spiro atoms. The first-order chi connectivity index (χ1) is 19.4. The van der Waals surface area contributed by atoms with E-state index < -0.39 is 59.7 Å². The fraction of sp³-hybridized carbons (Fsp3) is 0.269. The quantitative estimate of drug-likeness (QED) is 0.0820. The smallest absolute Gasteiger partial charge is 0.362 e. The summed E-state index contributed by atoms with van der Waals surface area (Å²) >= 11 is 0. The summed E-state index contributed by atoms with van der Waals surface area (Å²) in [5.74, 6) is -5.95. The normalized spacial score (nSPS) is 16.2. The van der Waals surface area contributed by atoms with Crippen LogP contribution in [0.15, 0.2) is 54.6 Å². The van der Waals surface area contributed by atoms with Gasteiger partial charge < -0.3 is 31.6 Å². The highest BCUT2D eigenvalue weighted by molar-refractivity contribution is 6.23. The third-order valence-corrected chi connectivity index (χ3v) is 6.24. The number of guanidine groups is 1. The molecule has 0 aliphatic carbocycles. The molecule has 0 radical (unpaired) electrons. The Kier molecular flexibility index (Phi) is 10.7. The maximum atomic E-state index is 13.9. The molecule has 2 aromatic carbocycles. The van der Waals surface area contributed by atoms with Gasteiger partial charge in [0.25, 0.3) is 11.6 Å². The van der Waals surface area contributed by atoms with Crippen molar-refractivity contribution in [2.24, 2.45) is 11.5 Å². The zero-order valence-electron chi connectivity index (χ0n) is 22.8. The lowest BCUT2D eigenvalue weighted by Gasteiger charge is -2.44. The van der Waals surface area contributed by atoms with Gasteiger partial charge in [-0.05, 0) is 36.8 Å². The van der Waals surface area contributed by atoms with E-state index in [9.17, 15) is 28.8 Å². The number of hydrogen-bond donors (Lipinski definition) is 5. The van der Waals surface area contributed by atoms with Crippen LogP contribution in [0.2, 0.25) is 0 Å². The molecule has 42 heavy (non-hydrogen) atoms. The van der Waals surface area contributed by atoms with Gasteiger partial charge in [-0.3, -0.25) is 29.5 Å². The summed E-state index contributed by atoms with van der Waals surface area (Å²) in [7, 11) is 2.00. The van der Waals surface area contributed by atoms with Crippen LogP contribution in [0, 0.1) is 5.41 Å². The minimum atomic E-state index is -2.99. The number of Topliss-reactive ketones (excluding diaryl/α,β-unsaturated/α-hetero) is 1. The first-order valence-corrected chi connectivity index (χ1v) is 12.1. The van der Waals surface area contributed by atoms with E-state index in [0.29, 0.717) is 15.5 Å². The molecular formula is C26H30ClN7O8. The number of hydrogen-bond acceptors (Lipinski definition) is 10. The standard InChI is InChI=1S/C26H29N7O8.ClH/c1-14(34)26(23(38)41-3,32(17-7-5-4-6-8-17)21(36)18(27)13-19(35)40-2)33-22(37)20(31-25(33)39)15-9-11-16(12-10-15)30-24(28)29;/h4-12,18,20H,13,27H2,1-3H3,(H,31,39)(H4,28,29,30);1H/t18-,20?,26+;/m0./s1. The van der Waals surface area contributed by atoms with E-state index in [4.69, 9.17) is 21.6 Å². The number of amides is 4. The van der Waals surface area contributed by atoms with Crippen molar-refractivity contribution in [1.29, 1.82) is 5.41 Å². The highest BCUT2D eigenvalue weighted by Gasteiger charge is 2.65. The van der Waals surface area contributed by atoms with E-state index in [1.165, 1.54) is 48.5 Å². The maximum absolute atomic E-state index is 13.9. The molecule has 1 aliphatic rings. The Morgan fingerprint density at radius 1 is 1.07 bits per heavy atom. The first kappa shape index (κ1) is 33.2. The third kappa shape index (κ3) is 6.16. The molecule has 1 aliphatic heterocycles. The van der Waals surface area contributed by atoms with E-state index in [1.807, 2.05) is 0 Å². The number of nitrogens with one attached hydrogen (secondary N) is 3. The van der Waals surface area contributed by atoms with E-state index in [2.05, 4.69) is 15.4 Å². The second kappa shape index (κ2) is 13.6. The van der Waals surface area contributed by atoms with Gasteiger partial charge in [-0.2, -0.15) is 0 Å². The SMILES string of the molecule is COC(=O)C[C@H](N)C(=O)N(c1ccccc1)[C@@](C(C)=O)(C(=O)OC)N1C(=O)NC(c2ccc(NC(=N)N)cc2)C1=O.Cl. The topological polar surface area (TPSA) is 227 Å². The van der Waals surface area contributed by atoms with Gasteiger partial charge in [-0.25, -0.2) is 14.5 Å². The minimum absolute atomic E-state index is 0. The molecule has 1 unspecified atom stereocenters. The van der Waals surface area contributed by atoms with Crippen molar-refractivity contribution >= 4 is 65.3 Å². The molecule has 0 aromatic heterocycles. The number of urea groups is 1. The summed E-state index contributed by atoms with van der Waals surface area (Å²) in [4.78, 5) is 81.1. The first-order valence-electron chi connectivity index (χ1n) is 12.1. The largest absolute Gasteiger partial charge is 0.469 e. The Hall–Kier alpha value is -5.02. The van der Waals surface area contributed by atoms with Gasteiger partial charge in [-0.1, -0.05) is 30.3 Å². The van der Waals surface area contributed by atoms with Crippen LogP contribution in [-0.2, 0) is 33.4 Å². The van der Waals surface area contributed by atoms with Crippen LogP contribution in [0.25, 0.3) is 0 Å². The molecule has 1 saturated heterocycles. The Morgan fingerprint density at radius 2 is 1.67 bits per heavy atom. The molecule has 16 heteroatoms. The molecule has 15 nitrogen and oxygen atoms in total. The summed E-state index contributed by atoms with van der Waals surface area (Å²) in [6.07, 6.45) is -0.642. The average Bonchev–Trinajstić information content (AvgIpc) is 3.24. The monoisotopic (exact) mass is 603 g/mol. The zero-order chi connectivity index (χ0) is 30.5. The summed E-state index contributed by atoms with van der Waals surface area (Å²) < 4.78 is 9.50. The predicted molar refractivity (Wildman–Crippen MR) is 151 cm³/mol. The predicted octanol–water partition coefficient (Wildman–Crippen LogP) is 0.389. The van der Waals surface area contributed by atoms with Crippen molar-refractivity contribution in [3.63, 3.8) is 0 Å². The highest BCUT2D eigenvalue weighted by atomic mass is 35.5. The summed E-state index contributed by atoms with van der Waals surface area (Å²) in [5, 5.41) is 12.3. The fourth-order valence-electron chi connectivity index (χ4n) is 4.38. The van der Waals surface area contributed by atoms with Crippen LogP contribution in [0.3, 0.4) is 0 Å². The molecule has 7 N–H and O–H groups in total. The maximum Gasteiger partial charge on any atom is 0.362 e. The Morgan fingerprint density at radius 3 is 2.17 bits per heavy atom. The molecule has 1 fully saturated rings. The van der Waals surface area contributed by atoms with Crippen molar-refractivity contribution < 1.29 is 38.2 Å². The van der Waals surface area contributed by atoms with Crippen molar-refractivity contribution in [2.75, 3.05) is 24.4 Å². The number of carbonyl (C=O) groups is 6. The second-order valence-corrected chi connectivity index (χ2v) is 8.83. The van der Waals surface area contributed by atoms with Gasteiger partial charge in [0.15, 0.2) is 11.7 Å². The van der Waals surface area contributed by atoms with Crippen LogP contribution in [0.4, 0.5) is 16.2 Å². The van der Waals surface area contributed by atoms with Gasteiger partial charge >= 0.3 is 18.0 Å². The van der Waals surface area contributed by atoms with Gasteiger partial charge in [0, 0.05) is 11.4 Å². The van der Waals surface area contributed by atoms with E-state index in [0.717, 1.165) is 21.1 Å². The van der Waals surface area contributed by atoms with Crippen LogP contribution < -0.4 is 27.0 Å². The molecule has 2 aromatic rings. The number of ketones is 1. The third-order valence-electron chi connectivity index (χ3n) is 6.24. The molecule has 0 saturated carbocycles. The van der Waals surface area contributed by atoms with Crippen LogP contribution in [0.1, 0.15) is 24.9 Å². The Bertz CT molecular complexity index is 1390. The van der Waals surface area contributed by atoms with Gasteiger partial charge in [-0.15, -0.1) is 12.4 Å².